The highest BCUT2D eigenvalue weighted by Crippen LogP contribution is 2.44. The summed E-state index contributed by atoms with van der Waals surface area (Å²) >= 11 is 0. The molecule has 1 fully saturated rings. The summed E-state index contributed by atoms with van der Waals surface area (Å²) in [5, 5.41) is 14.4. The fourth-order valence-electron chi connectivity index (χ4n) is 4.79. The largest absolute Gasteiger partial charge is 0.481 e. The summed E-state index contributed by atoms with van der Waals surface area (Å²) < 4.78 is 5.51. The van der Waals surface area contributed by atoms with Gasteiger partial charge in [-0.15, -0.1) is 0 Å². The lowest BCUT2D eigenvalue weighted by molar-refractivity contribution is -0.150. The molecule has 0 aromatic heterocycles. The third kappa shape index (κ3) is 5.29. The van der Waals surface area contributed by atoms with E-state index < -0.39 is 36.4 Å². The molecule has 3 N–H and O–H groups in total. The highest BCUT2D eigenvalue weighted by molar-refractivity contribution is 5.92. The third-order valence-corrected chi connectivity index (χ3v) is 6.59. The molecule has 2 unspecified atom stereocenters. The molecule has 184 valence electrons. The summed E-state index contributed by atoms with van der Waals surface area (Å²) in [6.45, 7) is 2.66. The van der Waals surface area contributed by atoms with Gasteiger partial charge in [-0.3, -0.25) is 14.4 Å². The van der Waals surface area contributed by atoms with E-state index >= 15 is 0 Å². The molecule has 2 aromatic rings. The van der Waals surface area contributed by atoms with Crippen LogP contribution in [-0.2, 0) is 19.1 Å². The lowest BCUT2D eigenvalue weighted by Gasteiger charge is -2.35. The van der Waals surface area contributed by atoms with Gasteiger partial charge in [0.05, 0.1) is 6.42 Å². The van der Waals surface area contributed by atoms with E-state index in [2.05, 4.69) is 22.8 Å². The van der Waals surface area contributed by atoms with Crippen LogP contribution in [-0.4, -0.2) is 66.2 Å². The van der Waals surface area contributed by atoms with E-state index in [4.69, 9.17) is 9.84 Å². The Labute approximate surface area is 203 Å². The number of benzene rings is 2. The summed E-state index contributed by atoms with van der Waals surface area (Å²) in [5.74, 6) is -2.44. The van der Waals surface area contributed by atoms with Crippen LogP contribution < -0.4 is 10.6 Å². The van der Waals surface area contributed by atoms with Crippen LogP contribution in [0.4, 0.5) is 4.79 Å². The number of piperazine rings is 1. The van der Waals surface area contributed by atoms with Crippen LogP contribution in [0.25, 0.3) is 11.1 Å². The molecule has 35 heavy (non-hydrogen) atoms. The molecule has 1 heterocycles. The number of fused-ring (bicyclic) bond motifs is 3. The SMILES string of the molecule is CC(CCNC(=O)OCC1c2ccccc2-c2ccccc21)C(=O)N1CCNC(=O)C1CC(=O)O. The number of alkyl carbamates (subject to hydrolysis) is 1. The number of nitrogens with one attached hydrogen (secondary N) is 2. The van der Waals surface area contributed by atoms with Crippen molar-refractivity contribution in [1.29, 1.82) is 0 Å². The first kappa shape index (κ1) is 24.3. The van der Waals surface area contributed by atoms with Crippen LogP contribution in [0.5, 0.6) is 0 Å². The molecule has 2 aromatic carbocycles. The predicted molar refractivity (Wildman–Crippen MR) is 128 cm³/mol. The van der Waals surface area contributed by atoms with E-state index in [1.165, 1.54) is 4.90 Å². The zero-order valence-corrected chi connectivity index (χ0v) is 19.5. The smallest absolute Gasteiger partial charge is 0.407 e. The first-order chi connectivity index (χ1) is 16.9. The van der Waals surface area contributed by atoms with Crippen molar-refractivity contribution in [2.45, 2.75) is 31.7 Å². The van der Waals surface area contributed by atoms with Crippen molar-refractivity contribution in [3.05, 3.63) is 59.7 Å². The fourth-order valence-corrected chi connectivity index (χ4v) is 4.79. The Morgan fingerprint density at radius 2 is 1.74 bits per heavy atom. The Kier molecular flexibility index (Phi) is 7.33. The Morgan fingerprint density at radius 1 is 1.11 bits per heavy atom. The average Bonchev–Trinajstić information content (AvgIpc) is 3.17. The Balaban J connectivity index is 1.27. The van der Waals surface area contributed by atoms with E-state index in [0.717, 1.165) is 22.3 Å². The molecule has 3 amide bonds. The molecule has 4 rings (SSSR count). The average molecular weight is 480 g/mol. The van der Waals surface area contributed by atoms with Gasteiger partial charge in [0, 0.05) is 31.5 Å². The van der Waals surface area contributed by atoms with Crippen LogP contribution in [0.3, 0.4) is 0 Å². The normalized spacial score (nSPS) is 17.7. The number of carboxylic acid groups (broad SMARTS) is 1. The quantitative estimate of drug-likeness (QED) is 0.534. The van der Waals surface area contributed by atoms with Crippen molar-refractivity contribution in [3.8, 4) is 11.1 Å². The molecule has 0 spiro atoms. The highest BCUT2D eigenvalue weighted by atomic mass is 16.5. The first-order valence-electron chi connectivity index (χ1n) is 11.8. The van der Waals surface area contributed by atoms with Gasteiger partial charge in [0.25, 0.3) is 0 Å². The summed E-state index contributed by atoms with van der Waals surface area (Å²) in [4.78, 5) is 49.7. The maximum atomic E-state index is 12.9. The first-order valence-corrected chi connectivity index (χ1v) is 11.8. The van der Waals surface area contributed by atoms with Gasteiger partial charge in [-0.25, -0.2) is 4.79 Å². The van der Waals surface area contributed by atoms with E-state index in [0.29, 0.717) is 6.42 Å². The maximum Gasteiger partial charge on any atom is 0.407 e. The molecule has 9 heteroatoms. The molecule has 9 nitrogen and oxygen atoms in total. The number of hydrogen-bond acceptors (Lipinski definition) is 5. The number of carboxylic acids is 1. The summed E-state index contributed by atoms with van der Waals surface area (Å²) in [5.41, 5.74) is 4.55. The summed E-state index contributed by atoms with van der Waals surface area (Å²) in [7, 11) is 0. The number of nitrogens with zero attached hydrogens (tertiary/aromatic N) is 1. The van der Waals surface area contributed by atoms with Crippen molar-refractivity contribution in [2.75, 3.05) is 26.2 Å². The molecule has 0 bridgehead atoms. The number of carbonyl (C=O) groups excluding carboxylic acids is 3. The van der Waals surface area contributed by atoms with Crippen molar-refractivity contribution < 1.29 is 29.0 Å². The van der Waals surface area contributed by atoms with Gasteiger partial charge in [0.1, 0.15) is 12.6 Å². The zero-order valence-electron chi connectivity index (χ0n) is 19.5. The molecule has 1 saturated heterocycles. The second kappa shape index (κ2) is 10.6. The zero-order chi connectivity index (χ0) is 24.9. The van der Waals surface area contributed by atoms with E-state index in [-0.39, 0.29) is 38.1 Å². The minimum absolute atomic E-state index is 0.0370. The minimum Gasteiger partial charge on any atom is -0.481 e. The number of aliphatic carboxylic acids is 1. The summed E-state index contributed by atoms with van der Waals surface area (Å²) in [6, 6.07) is 15.2. The van der Waals surface area contributed by atoms with E-state index in [1.54, 1.807) is 6.92 Å². The highest BCUT2D eigenvalue weighted by Gasteiger charge is 2.36. The Hall–Kier alpha value is -3.88. The maximum absolute atomic E-state index is 12.9. The topological polar surface area (TPSA) is 125 Å². The second-order valence-corrected chi connectivity index (χ2v) is 8.88. The van der Waals surface area contributed by atoms with Gasteiger partial charge in [0.2, 0.25) is 11.8 Å². The van der Waals surface area contributed by atoms with Gasteiger partial charge < -0.3 is 25.4 Å². The van der Waals surface area contributed by atoms with Crippen LogP contribution in [0.15, 0.2) is 48.5 Å². The van der Waals surface area contributed by atoms with Crippen LogP contribution in [0.1, 0.15) is 36.8 Å². The number of hydrogen-bond donors (Lipinski definition) is 3. The molecule has 1 aliphatic carbocycles. The van der Waals surface area contributed by atoms with Crippen molar-refractivity contribution in [3.63, 3.8) is 0 Å². The number of amides is 3. The van der Waals surface area contributed by atoms with Crippen molar-refractivity contribution in [2.24, 2.45) is 5.92 Å². The molecule has 0 saturated carbocycles. The Bertz CT molecular complexity index is 1090. The van der Waals surface area contributed by atoms with Gasteiger partial charge in [-0.1, -0.05) is 55.5 Å². The van der Waals surface area contributed by atoms with Crippen LogP contribution in [0.2, 0.25) is 0 Å². The number of ether oxygens (including phenoxy) is 1. The van der Waals surface area contributed by atoms with E-state index in [1.807, 2.05) is 36.4 Å². The van der Waals surface area contributed by atoms with E-state index in [9.17, 15) is 19.2 Å². The Morgan fingerprint density at radius 3 is 2.37 bits per heavy atom. The minimum atomic E-state index is -1.14. The standard InChI is InChI=1S/C26H29N3O6/c1-16(25(33)29-13-12-27-24(32)22(29)14-23(30)31)10-11-28-26(34)35-15-21-19-8-4-2-6-17(19)18-7-3-5-9-20(18)21/h2-9,16,21-22H,10-15H2,1H3,(H,27,32)(H,28,34)(H,30,31). The van der Waals surface area contributed by atoms with Crippen LogP contribution in [0, 0.1) is 5.92 Å². The molecular weight excluding hydrogens is 450 g/mol. The lowest BCUT2D eigenvalue weighted by Crippen LogP contribution is -2.58. The molecule has 1 aliphatic heterocycles. The fraction of sp³-hybridized carbons (Fsp3) is 0.385. The van der Waals surface area contributed by atoms with Gasteiger partial charge >= 0.3 is 12.1 Å². The molecule has 2 aliphatic rings. The van der Waals surface area contributed by atoms with Gasteiger partial charge in [-0.2, -0.15) is 0 Å². The van der Waals surface area contributed by atoms with Crippen molar-refractivity contribution in [1.82, 2.24) is 15.5 Å². The second-order valence-electron chi connectivity index (χ2n) is 8.88. The third-order valence-electron chi connectivity index (χ3n) is 6.59. The van der Waals surface area contributed by atoms with Crippen LogP contribution >= 0.6 is 0 Å². The predicted octanol–water partition coefficient (Wildman–Crippen LogP) is 2.35. The summed E-state index contributed by atoms with van der Waals surface area (Å²) in [6.07, 6.45) is -0.670. The van der Waals surface area contributed by atoms with Crippen molar-refractivity contribution >= 4 is 23.9 Å². The lowest BCUT2D eigenvalue weighted by atomic mass is 9.98. The monoisotopic (exact) mass is 479 g/mol. The van der Waals surface area contributed by atoms with Gasteiger partial charge in [-0.05, 0) is 28.7 Å². The number of carbonyl (C=O) groups is 4. The number of rotatable bonds is 8. The molecule has 2 atom stereocenters. The molecule has 0 radical (unpaired) electrons. The molecular formula is C26H29N3O6. The van der Waals surface area contributed by atoms with Gasteiger partial charge in [0.15, 0.2) is 0 Å².